The maximum atomic E-state index is 10.5. The molecule has 1 rings (SSSR count). The molecule has 0 saturated heterocycles. The van der Waals surface area contributed by atoms with E-state index in [0.717, 1.165) is 0 Å². The Balaban J connectivity index is 2.69. The summed E-state index contributed by atoms with van der Waals surface area (Å²) in [5, 5.41) is 11.8. The van der Waals surface area contributed by atoms with E-state index in [1.54, 1.807) is 12.1 Å². The first-order valence-corrected chi connectivity index (χ1v) is 4.08. The fourth-order valence-corrected chi connectivity index (χ4v) is 0.927. The Labute approximate surface area is 80.6 Å². The Morgan fingerprint density at radius 2 is 2.46 bits per heavy atom. The normalized spacial score (nSPS) is 12.2. The Morgan fingerprint density at radius 3 is 3.00 bits per heavy atom. The van der Waals surface area contributed by atoms with Crippen molar-refractivity contribution in [1.29, 1.82) is 0 Å². The molecule has 1 aromatic heterocycles. The average molecular weight is 201 g/mol. The molecule has 0 amide bonds. The van der Waals surface area contributed by atoms with Gasteiger partial charge < -0.3 is 10.4 Å². The van der Waals surface area contributed by atoms with Crippen LogP contribution in [0.3, 0.4) is 0 Å². The zero-order valence-corrected chi connectivity index (χ0v) is 7.75. The largest absolute Gasteiger partial charge is 0.480 e. The highest BCUT2D eigenvalue weighted by Gasteiger charge is 2.10. The van der Waals surface area contributed by atoms with Crippen LogP contribution in [0, 0.1) is 0 Å². The molecular formula is C8H9ClN2O2. The van der Waals surface area contributed by atoms with Crippen LogP contribution in [0.25, 0.3) is 0 Å². The Morgan fingerprint density at radius 1 is 1.77 bits per heavy atom. The molecule has 0 radical (unpaired) electrons. The number of pyridine rings is 1. The molecule has 0 bridgehead atoms. The lowest BCUT2D eigenvalue weighted by molar-refractivity contribution is -0.137. The van der Waals surface area contributed by atoms with Gasteiger partial charge in [0.25, 0.3) is 0 Å². The monoisotopic (exact) mass is 200 g/mol. The number of aliphatic carboxylic acids is 1. The molecule has 0 aliphatic heterocycles. The van der Waals surface area contributed by atoms with Crippen molar-refractivity contribution in [2.24, 2.45) is 0 Å². The summed E-state index contributed by atoms with van der Waals surface area (Å²) in [5.74, 6) is -0.468. The third-order valence-electron chi connectivity index (χ3n) is 1.46. The maximum Gasteiger partial charge on any atom is 0.325 e. The van der Waals surface area contributed by atoms with Crippen molar-refractivity contribution in [2.75, 3.05) is 5.32 Å². The third-order valence-corrected chi connectivity index (χ3v) is 1.69. The number of hydrogen-bond acceptors (Lipinski definition) is 3. The van der Waals surface area contributed by atoms with Gasteiger partial charge in [-0.2, -0.15) is 0 Å². The zero-order chi connectivity index (χ0) is 9.84. The molecule has 4 nitrogen and oxygen atoms in total. The predicted octanol–water partition coefficient (Wildman–Crippen LogP) is 1.62. The number of nitrogens with zero attached hydrogens (tertiary/aromatic N) is 1. The van der Waals surface area contributed by atoms with Crippen LogP contribution in [-0.2, 0) is 4.79 Å². The van der Waals surface area contributed by atoms with Crippen LogP contribution in [-0.4, -0.2) is 22.1 Å². The molecule has 0 saturated carbocycles. The summed E-state index contributed by atoms with van der Waals surface area (Å²) in [6.07, 6.45) is 1.51. The van der Waals surface area contributed by atoms with Crippen LogP contribution < -0.4 is 5.32 Å². The molecular weight excluding hydrogens is 192 g/mol. The van der Waals surface area contributed by atoms with E-state index < -0.39 is 12.0 Å². The second kappa shape index (κ2) is 4.09. The molecule has 70 valence electrons. The summed E-state index contributed by atoms with van der Waals surface area (Å²) < 4.78 is 0. The van der Waals surface area contributed by atoms with Gasteiger partial charge in [0.15, 0.2) is 0 Å². The summed E-state index contributed by atoms with van der Waals surface area (Å²) in [7, 11) is 0. The molecule has 0 unspecified atom stereocenters. The van der Waals surface area contributed by atoms with Gasteiger partial charge in [-0.15, -0.1) is 0 Å². The van der Waals surface area contributed by atoms with Crippen LogP contribution in [0.4, 0.5) is 5.82 Å². The van der Waals surface area contributed by atoms with E-state index in [-0.39, 0.29) is 0 Å². The molecule has 0 aliphatic rings. The van der Waals surface area contributed by atoms with E-state index in [1.165, 1.54) is 13.1 Å². The lowest BCUT2D eigenvalue weighted by Crippen LogP contribution is -2.25. The van der Waals surface area contributed by atoms with E-state index in [0.29, 0.717) is 10.8 Å². The van der Waals surface area contributed by atoms with Crippen molar-refractivity contribution < 1.29 is 9.90 Å². The van der Waals surface area contributed by atoms with Crippen LogP contribution in [0.2, 0.25) is 5.02 Å². The van der Waals surface area contributed by atoms with E-state index in [1.807, 2.05) is 0 Å². The standard InChI is InChI=1S/C8H9ClN2O2/c1-5(8(12)13)11-7-4-6(9)2-3-10-7/h2-5H,1H3,(H,10,11)(H,12,13)/t5-/m0/s1. The minimum atomic E-state index is -0.929. The van der Waals surface area contributed by atoms with Gasteiger partial charge in [0, 0.05) is 11.2 Å². The van der Waals surface area contributed by atoms with Crippen molar-refractivity contribution in [3.05, 3.63) is 23.4 Å². The Bertz CT molecular complexity index is 317. The van der Waals surface area contributed by atoms with E-state index in [2.05, 4.69) is 10.3 Å². The minimum absolute atomic E-state index is 0.461. The SMILES string of the molecule is C[C@H](Nc1cc(Cl)ccn1)C(=O)O. The molecule has 0 aliphatic carbocycles. The van der Waals surface area contributed by atoms with Gasteiger partial charge in [-0.05, 0) is 19.1 Å². The molecule has 0 fully saturated rings. The van der Waals surface area contributed by atoms with Crippen molar-refractivity contribution in [3.63, 3.8) is 0 Å². The van der Waals surface area contributed by atoms with Gasteiger partial charge in [-0.1, -0.05) is 11.6 Å². The van der Waals surface area contributed by atoms with Crippen LogP contribution >= 0.6 is 11.6 Å². The van der Waals surface area contributed by atoms with Crippen molar-refractivity contribution in [2.45, 2.75) is 13.0 Å². The number of carboxylic acid groups (broad SMARTS) is 1. The number of hydrogen-bond donors (Lipinski definition) is 2. The van der Waals surface area contributed by atoms with Gasteiger partial charge in [0.2, 0.25) is 0 Å². The van der Waals surface area contributed by atoms with Crippen LogP contribution in [0.5, 0.6) is 0 Å². The number of carbonyl (C=O) groups is 1. The topological polar surface area (TPSA) is 62.2 Å². The van der Waals surface area contributed by atoms with Gasteiger partial charge in [-0.3, -0.25) is 4.79 Å². The molecule has 1 heterocycles. The molecule has 0 aromatic carbocycles. The lowest BCUT2D eigenvalue weighted by Gasteiger charge is -2.09. The quantitative estimate of drug-likeness (QED) is 0.779. The summed E-state index contributed by atoms with van der Waals surface area (Å²) in [6.45, 7) is 1.53. The second-order valence-electron chi connectivity index (χ2n) is 2.56. The summed E-state index contributed by atoms with van der Waals surface area (Å²) in [4.78, 5) is 14.4. The Kier molecular flexibility index (Phi) is 3.08. The minimum Gasteiger partial charge on any atom is -0.480 e. The average Bonchev–Trinajstić information content (AvgIpc) is 2.04. The second-order valence-corrected chi connectivity index (χ2v) is 3.00. The van der Waals surface area contributed by atoms with Crippen molar-refractivity contribution in [1.82, 2.24) is 4.98 Å². The lowest BCUT2D eigenvalue weighted by atomic mass is 10.3. The highest BCUT2D eigenvalue weighted by Crippen LogP contribution is 2.12. The molecule has 5 heteroatoms. The van der Waals surface area contributed by atoms with Gasteiger partial charge in [-0.25, -0.2) is 4.98 Å². The first-order chi connectivity index (χ1) is 6.09. The number of aromatic nitrogens is 1. The summed E-state index contributed by atoms with van der Waals surface area (Å²) in [5.41, 5.74) is 0. The van der Waals surface area contributed by atoms with Crippen molar-refractivity contribution in [3.8, 4) is 0 Å². The third kappa shape index (κ3) is 2.91. The number of carboxylic acids is 1. The molecule has 1 atom stereocenters. The van der Waals surface area contributed by atoms with Gasteiger partial charge in [0.05, 0.1) is 0 Å². The Hall–Kier alpha value is -1.29. The molecule has 13 heavy (non-hydrogen) atoms. The zero-order valence-electron chi connectivity index (χ0n) is 6.99. The first-order valence-electron chi connectivity index (χ1n) is 3.70. The van der Waals surface area contributed by atoms with E-state index in [4.69, 9.17) is 16.7 Å². The van der Waals surface area contributed by atoms with E-state index >= 15 is 0 Å². The van der Waals surface area contributed by atoms with Crippen LogP contribution in [0.1, 0.15) is 6.92 Å². The fourth-order valence-electron chi connectivity index (χ4n) is 0.767. The predicted molar refractivity (Wildman–Crippen MR) is 50.0 cm³/mol. The number of anilines is 1. The summed E-state index contributed by atoms with van der Waals surface area (Å²) in [6, 6.07) is 2.52. The molecule has 0 spiro atoms. The highest BCUT2D eigenvalue weighted by atomic mass is 35.5. The fraction of sp³-hybridized carbons (Fsp3) is 0.250. The smallest absolute Gasteiger partial charge is 0.325 e. The number of nitrogens with one attached hydrogen (secondary N) is 1. The molecule has 2 N–H and O–H groups in total. The number of halogens is 1. The highest BCUT2D eigenvalue weighted by molar-refractivity contribution is 6.30. The number of rotatable bonds is 3. The van der Waals surface area contributed by atoms with Crippen molar-refractivity contribution >= 4 is 23.4 Å². The van der Waals surface area contributed by atoms with E-state index in [9.17, 15) is 4.79 Å². The first kappa shape index (κ1) is 9.80. The maximum absolute atomic E-state index is 10.5. The van der Waals surface area contributed by atoms with Crippen LogP contribution in [0.15, 0.2) is 18.3 Å². The summed E-state index contributed by atoms with van der Waals surface area (Å²) >= 11 is 5.68. The van der Waals surface area contributed by atoms with Gasteiger partial charge >= 0.3 is 5.97 Å². The molecule has 1 aromatic rings. The van der Waals surface area contributed by atoms with Gasteiger partial charge in [0.1, 0.15) is 11.9 Å².